The number of allylic oxidation sites excluding steroid dienone is 1. The van der Waals surface area contributed by atoms with Crippen LogP contribution < -0.4 is 10.6 Å². The molecule has 1 heterocycles. The molecule has 0 unspecified atom stereocenters. The second kappa shape index (κ2) is 9.85. The summed E-state index contributed by atoms with van der Waals surface area (Å²) in [7, 11) is 3.97. The van der Waals surface area contributed by atoms with Crippen LogP contribution in [0.3, 0.4) is 0 Å². The van der Waals surface area contributed by atoms with Crippen molar-refractivity contribution in [1.82, 2.24) is 15.5 Å². The van der Waals surface area contributed by atoms with E-state index in [2.05, 4.69) is 39.1 Å². The number of likely N-dealkylation sites (N-methyl/N-ethyl adjacent to an activating group) is 1. The molecular formula is C22H29N3O2S. The summed E-state index contributed by atoms with van der Waals surface area (Å²) in [4.78, 5) is 26.4. The van der Waals surface area contributed by atoms with Crippen molar-refractivity contribution in [2.45, 2.75) is 38.1 Å². The van der Waals surface area contributed by atoms with E-state index < -0.39 is 11.8 Å². The maximum Gasteiger partial charge on any atom is 0.309 e. The Labute approximate surface area is 170 Å². The molecule has 0 aliphatic heterocycles. The summed E-state index contributed by atoms with van der Waals surface area (Å²) in [6.45, 7) is 0.912. The highest BCUT2D eigenvalue weighted by Crippen LogP contribution is 2.31. The lowest BCUT2D eigenvalue weighted by Crippen LogP contribution is -2.43. The molecule has 1 aromatic heterocycles. The first-order valence-electron chi connectivity index (χ1n) is 9.92. The Bertz CT molecular complexity index is 856. The standard InChI is InChI=1S/C22H29N3O2S/c1-25(2)19(18-15-28-20-11-7-6-10-17(18)20)14-24-22(27)21(26)23-13-12-16-8-4-3-5-9-16/h6-8,10-11,15,19H,3-5,9,12-14H2,1-2H3,(H,23,26)(H,24,27)/t19-/m1/s1. The molecule has 2 aromatic rings. The number of thiophene rings is 1. The van der Waals surface area contributed by atoms with Gasteiger partial charge in [-0.25, -0.2) is 0 Å². The zero-order valence-electron chi connectivity index (χ0n) is 16.7. The van der Waals surface area contributed by atoms with Gasteiger partial charge in [-0.3, -0.25) is 9.59 Å². The lowest BCUT2D eigenvalue weighted by molar-refractivity contribution is -0.139. The van der Waals surface area contributed by atoms with Crippen molar-refractivity contribution in [3.8, 4) is 0 Å². The third kappa shape index (κ3) is 5.20. The molecule has 150 valence electrons. The number of benzene rings is 1. The summed E-state index contributed by atoms with van der Waals surface area (Å²) in [6, 6.07) is 8.28. The number of fused-ring (bicyclic) bond motifs is 1. The minimum Gasteiger partial charge on any atom is -0.348 e. The minimum atomic E-state index is -0.566. The van der Waals surface area contributed by atoms with Gasteiger partial charge in [0.25, 0.3) is 0 Å². The Hall–Kier alpha value is -2.18. The van der Waals surface area contributed by atoms with Crippen LogP contribution in [0.15, 0.2) is 41.3 Å². The van der Waals surface area contributed by atoms with Crippen molar-refractivity contribution >= 4 is 33.2 Å². The summed E-state index contributed by atoms with van der Waals surface area (Å²) in [5.74, 6) is -1.12. The van der Waals surface area contributed by atoms with Gasteiger partial charge in [-0.15, -0.1) is 11.3 Å². The van der Waals surface area contributed by atoms with Gasteiger partial charge >= 0.3 is 11.8 Å². The molecule has 28 heavy (non-hydrogen) atoms. The molecule has 6 heteroatoms. The predicted molar refractivity (Wildman–Crippen MR) is 115 cm³/mol. The van der Waals surface area contributed by atoms with E-state index in [0.717, 1.165) is 19.3 Å². The fourth-order valence-corrected chi connectivity index (χ4v) is 4.65. The average Bonchev–Trinajstić information content (AvgIpc) is 3.12. The highest BCUT2D eigenvalue weighted by atomic mass is 32.1. The molecule has 0 saturated carbocycles. The van der Waals surface area contributed by atoms with E-state index in [1.165, 1.54) is 34.1 Å². The number of carbonyl (C=O) groups excluding carboxylic acids is 2. The Morgan fingerprint density at radius 2 is 1.93 bits per heavy atom. The van der Waals surface area contributed by atoms with Gasteiger partial charge in [0.2, 0.25) is 0 Å². The van der Waals surface area contributed by atoms with Gasteiger partial charge in [0.05, 0.1) is 6.04 Å². The van der Waals surface area contributed by atoms with Crippen LogP contribution in [0.2, 0.25) is 0 Å². The molecule has 1 aliphatic carbocycles. The first-order valence-corrected chi connectivity index (χ1v) is 10.8. The Balaban J connectivity index is 1.52. The number of amides is 2. The van der Waals surface area contributed by atoms with E-state index in [-0.39, 0.29) is 6.04 Å². The van der Waals surface area contributed by atoms with E-state index in [9.17, 15) is 9.59 Å². The largest absolute Gasteiger partial charge is 0.348 e. The minimum absolute atomic E-state index is 0.0142. The van der Waals surface area contributed by atoms with Crippen molar-refractivity contribution in [3.63, 3.8) is 0 Å². The molecule has 0 saturated heterocycles. The lowest BCUT2D eigenvalue weighted by Gasteiger charge is -2.24. The predicted octanol–water partition coefficient (Wildman–Crippen LogP) is 3.63. The zero-order valence-corrected chi connectivity index (χ0v) is 17.5. The van der Waals surface area contributed by atoms with Crippen LogP contribution in [-0.4, -0.2) is 43.9 Å². The van der Waals surface area contributed by atoms with Gasteiger partial charge in [0.1, 0.15) is 0 Å². The van der Waals surface area contributed by atoms with Gasteiger partial charge in [-0.1, -0.05) is 29.8 Å². The van der Waals surface area contributed by atoms with Crippen LogP contribution in [0.5, 0.6) is 0 Å². The Morgan fingerprint density at radius 1 is 1.14 bits per heavy atom. The number of nitrogens with zero attached hydrogens (tertiary/aromatic N) is 1. The molecule has 0 bridgehead atoms. The van der Waals surface area contributed by atoms with Crippen molar-refractivity contribution < 1.29 is 9.59 Å². The topological polar surface area (TPSA) is 61.4 Å². The Morgan fingerprint density at radius 3 is 2.68 bits per heavy atom. The van der Waals surface area contributed by atoms with Crippen molar-refractivity contribution in [1.29, 1.82) is 0 Å². The summed E-state index contributed by atoms with van der Waals surface area (Å²) in [5, 5.41) is 8.88. The summed E-state index contributed by atoms with van der Waals surface area (Å²) >= 11 is 1.70. The van der Waals surface area contributed by atoms with Gasteiger partial charge in [-0.05, 0) is 68.6 Å². The lowest BCUT2D eigenvalue weighted by atomic mass is 9.97. The molecular weight excluding hydrogens is 370 g/mol. The number of hydrogen-bond acceptors (Lipinski definition) is 4. The van der Waals surface area contributed by atoms with Crippen molar-refractivity contribution in [3.05, 3.63) is 46.9 Å². The maximum atomic E-state index is 12.2. The van der Waals surface area contributed by atoms with E-state index in [4.69, 9.17) is 0 Å². The second-order valence-electron chi connectivity index (χ2n) is 7.49. The summed E-state index contributed by atoms with van der Waals surface area (Å²) in [6.07, 6.45) is 7.82. The van der Waals surface area contributed by atoms with Gasteiger partial charge in [0, 0.05) is 17.8 Å². The second-order valence-corrected chi connectivity index (χ2v) is 8.40. The van der Waals surface area contributed by atoms with Crippen LogP contribution in [0.4, 0.5) is 0 Å². The van der Waals surface area contributed by atoms with E-state index in [1.54, 1.807) is 11.3 Å². The Kier molecular flexibility index (Phi) is 7.23. The normalized spacial score (nSPS) is 15.3. The smallest absolute Gasteiger partial charge is 0.309 e. The first-order chi connectivity index (χ1) is 13.6. The third-order valence-electron chi connectivity index (χ3n) is 5.27. The van der Waals surface area contributed by atoms with Crippen LogP contribution in [0.25, 0.3) is 10.1 Å². The number of rotatable bonds is 7. The van der Waals surface area contributed by atoms with Crippen LogP contribution in [0.1, 0.15) is 43.7 Å². The third-order valence-corrected chi connectivity index (χ3v) is 6.25. The van der Waals surface area contributed by atoms with E-state index >= 15 is 0 Å². The highest BCUT2D eigenvalue weighted by Gasteiger charge is 2.21. The summed E-state index contributed by atoms with van der Waals surface area (Å²) < 4.78 is 1.23. The summed E-state index contributed by atoms with van der Waals surface area (Å²) in [5.41, 5.74) is 2.57. The molecule has 0 spiro atoms. The van der Waals surface area contributed by atoms with Crippen molar-refractivity contribution in [2.75, 3.05) is 27.2 Å². The monoisotopic (exact) mass is 399 g/mol. The van der Waals surface area contributed by atoms with Crippen molar-refractivity contribution in [2.24, 2.45) is 0 Å². The average molecular weight is 400 g/mol. The quantitative estimate of drug-likeness (QED) is 0.552. The number of hydrogen-bond donors (Lipinski definition) is 2. The maximum absolute atomic E-state index is 12.2. The molecule has 2 amide bonds. The molecule has 1 aromatic carbocycles. The SMILES string of the molecule is CN(C)[C@H](CNC(=O)C(=O)NCCC1=CCCCC1)c1csc2ccccc12. The number of carbonyl (C=O) groups is 2. The van der Waals surface area contributed by atoms with Gasteiger partial charge in [-0.2, -0.15) is 0 Å². The molecule has 3 rings (SSSR count). The van der Waals surface area contributed by atoms with Crippen LogP contribution in [-0.2, 0) is 9.59 Å². The fourth-order valence-electron chi connectivity index (χ4n) is 3.65. The molecule has 1 aliphatic rings. The highest BCUT2D eigenvalue weighted by molar-refractivity contribution is 7.17. The van der Waals surface area contributed by atoms with Crippen LogP contribution in [0, 0.1) is 0 Å². The fraction of sp³-hybridized carbons (Fsp3) is 0.455. The number of nitrogens with one attached hydrogen (secondary N) is 2. The molecule has 2 N–H and O–H groups in total. The molecule has 1 atom stereocenters. The van der Waals surface area contributed by atoms with Gasteiger partial charge in [0.15, 0.2) is 0 Å². The van der Waals surface area contributed by atoms with E-state index in [1.807, 2.05) is 26.2 Å². The van der Waals surface area contributed by atoms with Gasteiger partial charge < -0.3 is 15.5 Å². The molecule has 0 radical (unpaired) electrons. The first kappa shape index (κ1) is 20.6. The molecule has 5 nitrogen and oxygen atoms in total. The van der Waals surface area contributed by atoms with Crippen LogP contribution >= 0.6 is 11.3 Å². The molecule has 0 fully saturated rings. The zero-order chi connectivity index (χ0) is 19.9. The van der Waals surface area contributed by atoms with E-state index in [0.29, 0.717) is 13.1 Å².